The Kier molecular flexibility index (Phi) is 10.2. The largest absolute Gasteiger partial charge is 0.465 e. The van der Waals surface area contributed by atoms with Gasteiger partial charge in [-0.2, -0.15) is 0 Å². The van der Waals surface area contributed by atoms with Gasteiger partial charge < -0.3 is 28.4 Å². The lowest BCUT2D eigenvalue weighted by Gasteiger charge is -2.26. The van der Waals surface area contributed by atoms with Crippen molar-refractivity contribution in [3.8, 4) is 22.6 Å². The number of benzene rings is 2. The second-order valence-corrected chi connectivity index (χ2v) is 12.5. The van der Waals surface area contributed by atoms with Crippen molar-refractivity contribution in [3.05, 3.63) is 46.5 Å². The lowest BCUT2D eigenvalue weighted by Crippen LogP contribution is -2.21. The maximum absolute atomic E-state index is 6.48. The lowest BCUT2D eigenvalue weighted by molar-refractivity contribution is -0.0721. The molecule has 2 aliphatic heterocycles. The van der Waals surface area contributed by atoms with Gasteiger partial charge in [0.2, 0.25) is 0 Å². The molecule has 4 rings (SSSR count). The molecule has 2 aromatic rings. The second kappa shape index (κ2) is 13.2. The summed E-state index contributed by atoms with van der Waals surface area (Å²) in [6.45, 7) is 24.4. The minimum Gasteiger partial charge on any atom is -0.465 e. The van der Waals surface area contributed by atoms with Gasteiger partial charge in [-0.3, -0.25) is 0 Å². The summed E-state index contributed by atoms with van der Waals surface area (Å²) in [7, 11) is 0. The van der Waals surface area contributed by atoms with E-state index in [0.29, 0.717) is 13.2 Å². The topological polar surface area (TPSA) is 62.0 Å². The summed E-state index contributed by atoms with van der Waals surface area (Å²) in [4.78, 5) is 0. The van der Waals surface area contributed by atoms with Crippen LogP contribution in [-0.2, 0) is 18.9 Å². The van der Waals surface area contributed by atoms with Crippen LogP contribution in [0.15, 0.2) is 24.3 Å². The molecule has 0 radical (unpaired) electrons. The predicted octanol–water partition coefficient (Wildman–Crippen LogP) is 8.13. The summed E-state index contributed by atoms with van der Waals surface area (Å²) >= 11 is 0. The van der Waals surface area contributed by atoms with Gasteiger partial charge in [0.1, 0.15) is 23.7 Å². The Morgan fingerprint density at radius 2 is 0.825 bits per heavy atom. The van der Waals surface area contributed by atoms with Gasteiger partial charge in [-0.05, 0) is 95.2 Å². The maximum atomic E-state index is 6.48. The van der Waals surface area contributed by atoms with Crippen molar-refractivity contribution in [2.75, 3.05) is 26.4 Å². The molecule has 0 spiro atoms. The van der Waals surface area contributed by atoms with Gasteiger partial charge in [-0.25, -0.2) is 0 Å². The molecule has 4 atom stereocenters. The van der Waals surface area contributed by atoms with Gasteiger partial charge in [0.05, 0.1) is 26.4 Å². The van der Waals surface area contributed by atoms with E-state index in [1.54, 1.807) is 0 Å². The average Bonchev–Trinajstić information content (AvgIpc) is 3.81. The standard InChI is InChI=1S/C34H50O6/c1-19(2)29-11-25(12-30(20(3)4)33(29)39-23(9)35-15-27-17-37-27)26-13-31(21(5)6)34(32(14-26)22(7)8)40-24(10)36-16-28-18-38-28/h11-14,19-24,27-28H,15-18H2,1-10H3. The van der Waals surface area contributed by atoms with Crippen molar-refractivity contribution in [1.82, 2.24) is 0 Å². The number of hydrogen-bond donors (Lipinski definition) is 0. The monoisotopic (exact) mass is 554 g/mol. The predicted molar refractivity (Wildman–Crippen MR) is 160 cm³/mol. The number of rotatable bonds is 15. The van der Waals surface area contributed by atoms with Crippen LogP contribution in [-0.4, -0.2) is 51.2 Å². The van der Waals surface area contributed by atoms with Crippen LogP contribution in [0, 0.1) is 0 Å². The minimum atomic E-state index is -0.350. The second-order valence-electron chi connectivity index (χ2n) is 12.5. The molecule has 222 valence electrons. The molecule has 2 fully saturated rings. The van der Waals surface area contributed by atoms with Gasteiger partial charge in [0.15, 0.2) is 12.6 Å². The van der Waals surface area contributed by atoms with Crippen LogP contribution in [0.2, 0.25) is 0 Å². The van der Waals surface area contributed by atoms with Crippen molar-refractivity contribution in [3.63, 3.8) is 0 Å². The Hall–Kier alpha value is -2.12. The summed E-state index contributed by atoms with van der Waals surface area (Å²) < 4.78 is 35.4. The van der Waals surface area contributed by atoms with Crippen LogP contribution in [0.1, 0.15) is 115 Å². The summed E-state index contributed by atoms with van der Waals surface area (Å²) in [5.41, 5.74) is 7.18. The Morgan fingerprint density at radius 3 is 1.05 bits per heavy atom. The average molecular weight is 555 g/mol. The van der Waals surface area contributed by atoms with E-state index in [1.807, 2.05) is 13.8 Å². The highest BCUT2D eigenvalue weighted by atomic mass is 16.7. The summed E-state index contributed by atoms with van der Waals surface area (Å²) in [6.07, 6.45) is -0.280. The first-order valence-corrected chi connectivity index (χ1v) is 15.1. The van der Waals surface area contributed by atoms with E-state index < -0.39 is 0 Å². The van der Waals surface area contributed by atoms with E-state index in [0.717, 1.165) is 24.7 Å². The minimum absolute atomic E-state index is 0.210. The molecule has 0 bridgehead atoms. The van der Waals surface area contributed by atoms with E-state index >= 15 is 0 Å². The summed E-state index contributed by atoms with van der Waals surface area (Å²) in [5.74, 6) is 3.04. The molecule has 2 aromatic carbocycles. The zero-order chi connectivity index (χ0) is 29.1. The summed E-state index contributed by atoms with van der Waals surface area (Å²) in [5, 5.41) is 0. The number of ether oxygens (including phenoxy) is 6. The van der Waals surface area contributed by atoms with Crippen LogP contribution >= 0.6 is 0 Å². The molecular formula is C34H50O6. The van der Waals surface area contributed by atoms with E-state index in [9.17, 15) is 0 Å². The zero-order valence-electron chi connectivity index (χ0n) is 26.2. The van der Waals surface area contributed by atoms with Crippen LogP contribution < -0.4 is 9.47 Å². The number of hydrogen-bond acceptors (Lipinski definition) is 6. The maximum Gasteiger partial charge on any atom is 0.197 e. The highest BCUT2D eigenvalue weighted by Gasteiger charge is 2.27. The van der Waals surface area contributed by atoms with E-state index in [-0.39, 0.29) is 48.5 Å². The molecule has 2 aliphatic rings. The molecule has 4 unspecified atom stereocenters. The van der Waals surface area contributed by atoms with Gasteiger partial charge >= 0.3 is 0 Å². The molecule has 0 aliphatic carbocycles. The van der Waals surface area contributed by atoms with Crippen molar-refractivity contribution >= 4 is 0 Å². The van der Waals surface area contributed by atoms with E-state index in [2.05, 4.69) is 79.7 Å². The normalized spacial score (nSPS) is 19.9. The first-order valence-electron chi connectivity index (χ1n) is 15.1. The van der Waals surface area contributed by atoms with Crippen molar-refractivity contribution in [2.45, 2.75) is 118 Å². The first kappa shape index (κ1) is 30.8. The lowest BCUT2D eigenvalue weighted by atomic mass is 9.86. The molecule has 0 saturated carbocycles. The van der Waals surface area contributed by atoms with E-state index in [1.165, 1.54) is 33.4 Å². The SMILES string of the molecule is CC(OCC1CO1)Oc1c(C(C)C)cc(-c2cc(C(C)C)c(OC(C)OCC3CO3)c(C(C)C)c2)cc1C(C)C. The quantitative estimate of drug-likeness (QED) is 0.164. The molecule has 0 N–H and O–H groups in total. The highest BCUT2D eigenvalue weighted by Crippen LogP contribution is 2.43. The Labute approximate surface area is 241 Å². The third kappa shape index (κ3) is 8.00. The number of epoxide rings is 2. The molecule has 0 aromatic heterocycles. The van der Waals surface area contributed by atoms with Crippen molar-refractivity contribution in [1.29, 1.82) is 0 Å². The van der Waals surface area contributed by atoms with Crippen LogP contribution in [0.4, 0.5) is 0 Å². The highest BCUT2D eigenvalue weighted by molar-refractivity contribution is 5.72. The van der Waals surface area contributed by atoms with Gasteiger partial charge in [-0.15, -0.1) is 0 Å². The third-order valence-corrected chi connectivity index (χ3v) is 7.52. The third-order valence-electron chi connectivity index (χ3n) is 7.52. The van der Waals surface area contributed by atoms with Crippen LogP contribution in [0.25, 0.3) is 11.1 Å². The van der Waals surface area contributed by atoms with Gasteiger partial charge in [0.25, 0.3) is 0 Å². The smallest absolute Gasteiger partial charge is 0.197 e. The molecule has 6 nitrogen and oxygen atoms in total. The molecule has 0 amide bonds. The first-order chi connectivity index (χ1) is 18.9. The van der Waals surface area contributed by atoms with Gasteiger partial charge in [-0.1, -0.05) is 55.4 Å². The molecule has 2 heterocycles. The Bertz CT molecular complexity index is 982. The molecule has 2 saturated heterocycles. The fourth-order valence-electron chi connectivity index (χ4n) is 4.88. The van der Waals surface area contributed by atoms with Crippen LogP contribution in [0.5, 0.6) is 11.5 Å². The Balaban J connectivity index is 1.73. The molecule has 6 heteroatoms. The zero-order valence-corrected chi connectivity index (χ0v) is 26.2. The van der Waals surface area contributed by atoms with E-state index in [4.69, 9.17) is 28.4 Å². The molecular weight excluding hydrogens is 504 g/mol. The Morgan fingerprint density at radius 1 is 0.550 bits per heavy atom. The van der Waals surface area contributed by atoms with Crippen molar-refractivity contribution in [2.24, 2.45) is 0 Å². The summed E-state index contributed by atoms with van der Waals surface area (Å²) in [6, 6.07) is 9.20. The fourth-order valence-corrected chi connectivity index (χ4v) is 4.88. The van der Waals surface area contributed by atoms with Crippen molar-refractivity contribution < 1.29 is 28.4 Å². The van der Waals surface area contributed by atoms with Crippen LogP contribution in [0.3, 0.4) is 0 Å². The van der Waals surface area contributed by atoms with Gasteiger partial charge in [0, 0.05) is 0 Å². The fraction of sp³-hybridized carbons (Fsp3) is 0.647. The molecule has 40 heavy (non-hydrogen) atoms.